The van der Waals surface area contributed by atoms with Crippen LogP contribution in [-0.2, 0) is 14.3 Å². The van der Waals surface area contributed by atoms with Crippen LogP contribution >= 0.6 is 0 Å². The largest absolute Gasteiger partial charge is 0.465 e. The van der Waals surface area contributed by atoms with Gasteiger partial charge in [-0.05, 0) is 32.4 Å². The van der Waals surface area contributed by atoms with Gasteiger partial charge < -0.3 is 4.74 Å². The quantitative estimate of drug-likeness (QED) is 0.793. The molecule has 0 saturated heterocycles. The van der Waals surface area contributed by atoms with E-state index < -0.39 is 5.41 Å². The van der Waals surface area contributed by atoms with Crippen LogP contribution in [0.4, 0.5) is 0 Å². The molecule has 3 heteroatoms. The molecule has 106 valence electrons. The van der Waals surface area contributed by atoms with Gasteiger partial charge in [-0.2, -0.15) is 0 Å². The summed E-state index contributed by atoms with van der Waals surface area (Å²) in [5.74, 6) is -0.353. The Morgan fingerprint density at radius 1 is 1.35 bits per heavy atom. The minimum absolute atomic E-state index is 0.0677. The Balaban J connectivity index is 2.50. The van der Waals surface area contributed by atoms with Gasteiger partial charge in [-0.1, -0.05) is 35.9 Å². The first-order valence-electron chi connectivity index (χ1n) is 6.94. The molecule has 0 heterocycles. The Bertz CT molecular complexity index is 545. The van der Waals surface area contributed by atoms with Gasteiger partial charge in [0, 0.05) is 12.3 Å². The Morgan fingerprint density at radius 2 is 2.00 bits per heavy atom. The first-order valence-corrected chi connectivity index (χ1v) is 6.94. The zero-order valence-electron chi connectivity index (χ0n) is 12.2. The molecular formula is C17H20O3. The number of hydrogen-bond donors (Lipinski definition) is 0. The van der Waals surface area contributed by atoms with Gasteiger partial charge in [0.15, 0.2) is 5.78 Å². The maximum absolute atomic E-state index is 12.4. The van der Waals surface area contributed by atoms with E-state index in [1.165, 1.54) is 0 Å². The van der Waals surface area contributed by atoms with Gasteiger partial charge in [0.25, 0.3) is 0 Å². The van der Waals surface area contributed by atoms with E-state index in [0.717, 1.165) is 11.1 Å². The van der Waals surface area contributed by atoms with Gasteiger partial charge in [0.1, 0.15) is 0 Å². The number of ether oxygens (including phenoxy) is 1. The molecule has 1 aromatic rings. The molecule has 0 amide bonds. The van der Waals surface area contributed by atoms with E-state index in [-0.39, 0.29) is 17.7 Å². The van der Waals surface area contributed by atoms with Gasteiger partial charge in [0.05, 0.1) is 12.0 Å². The van der Waals surface area contributed by atoms with Crippen molar-refractivity contribution in [3.63, 3.8) is 0 Å². The Hall–Kier alpha value is -1.90. The summed E-state index contributed by atoms with van der Waals surface area (Å²) < 4.78 is 5.25. The molecule has 1 aromatic carbocycles. The highest BCUT2D eigenvalue weighted by Crippen LogP contribution is 2.47. The van der Waals surface area contributed by atoms with Crippen LogP contribution in [0.5, 0.6) is 0 Å². The summed E-state index contributed by atoms with van der Waals surface area (Å²) in [4.78, 5) is 24.3. The van der Waals surface area contributed by atoms with Gasteiger partial charge >= 0.3 is 5.97 Å². The van der Waals surface area contributed by atoms with Crippen LogP contribution in [0.15, 0.2) is 42.0 Å². The highest BCUT2D eigenvalue weighted by Gasteiger charge is 2.47. The van der Waals surface area contributed by atoms with E-state index in [9.17, 15) is 9.59 Å². The summed E-state index contributed by atoms with van der Waals surface area (Å²) in [5.41, 5.74) is 1.01. The van der Waals surface area contributed by atoms with Gasteiger partial charge in [-0.15, -0.1) is 0 Å². The first kappa shape index (κ1) is 14.5. The molecule has 0 aliphatic heterocycles. The van der Waals surface area contributed by atoms with Crippen molar-refractivity contribution in [1.29, 1.82) is 0 Å². The molecule has 0 aromatic heterocycles. The van der Waals surface area contributed by atoms with Crippen molar-refractivity contribution in [2.45, 2.75) is 33.1 Å². The van der Waals surface area contributed by atoms with E-state index in [2.05, 4.69) is 0 Å². The summed E-state index contributed by atoms with van der Waals surface area (Å²) in [7, 11) is 0. The van der Waals surface area contributed by atoms with E-state index in [1.54, 1.807) is 13.0 Å². The lowest BCUT2D eigenvalue weighted by molar-refractivity contribution is -0.154. The lowest BCUT2D eigenvalue weighted by Crippen LogP contribution is -2.40. The van der Waals surface area contributed by atoms with Crippen molar-refractivity contribution in [3.05, 3.63) is 47.5 Å². The Kier molecular flexibility index (Phi) is 4.07. The fraction of sp³-hybridized carbons (Fsp3) is 0.412. The number of ketones is 1. The van der Waals surface area contributed by atoms with Gasteiger partial charge in [0.2, 0.25) is 0 Å². The number of allylic oxidation sites excluding steroid dienone is 1. The lowest BCUT2D eigenvalue weighted by Gasteiger charge is -2.39. The third-order valence-electron chi connectivity index (χ3n) is 4.20. The van der Waals surface area contributed by atoms with Gasteiger partial charge in [-0.3, -0.25) is 9.59 Å². The third-order valence-corrected chi connectivity index (χ3v) is 4.20. The molecule has 0 saturated carbocycles. The third kappa shape index (κ3) is 2.40. The molecule has 0 spiro atoms. The second-order valence-corrected chi connectivity index (χ2v) is 5.38. The summed E-state index contributed by atoms with van der Waals surface area (Å²) in [6.07, 6.45) is 1.92. The van der Waals surface area contributed by atoms with Crippen LogP contribution in [0.3, 0.4) is 0 Å². The Labute approximate surface area is 119 Å². The number of benzene rings is 1. The van der Waals surface area contributed by atoms with E-state index in [0.29, 0.717) is 13.0 Å². The molecular weight excluding hydrogens is 252 g/mol. The predicted octanol–water partition coefficient (Wildman–Crippen LogP) is 3.26. The monoisotopic (exact) mass is 272 g/mol. The van der Waals surface area contributed by atoms with Crippen LogP contribution in [0.2, 0.25) is 0 Å². The molecule has 3 nitrogen and oxygen atoms in total. The highest BCUT2D eigenvalue weighted by atomic mass is 16.5. The topological polar surface area (TPSA) is 43.4 Å². The summed E-state index contributed by atoms with van der Waals surface area (Å²) in [6.45, 7) is 5.85. The molecule has 2 rings (SSSR count). The average molecular weight is 272 g/mol. The minimum atomic E-state index is -0.773. The normalized spacial score (nSPS) is 26.1. The highest BCUT2D eigenvalue weighted by molar-refractivity contribution is 5.96. The van der Waals surface area contributed by atoms with Crippen LogP contribution < -0.4 is 0 Å². The SMILES string of the molecule is CCOC(=O)[C@]1(C)C(C)=CC(=O)C[C@H]1c1ccccc1. The van der Waals surface area contributed by atoms with Gasteiger partial charge in [-0.25, -0.2) is 0 Å². The number of carbonyl (C=O) groups is 2. The summed E-state index contributed by atoms with van der Waals surface area (Å²) in [6, 6.07) is 9.72. The number of esters is 1. The molecule has 0 N–H and O–H groups in total. The smallest absolute Gasteiger partial charge is 0.316 e. The predicted molar refractivity (Wildman–Crippen MR) is 77.3 cm³/mol. The van der Waals surface area contributed by atoms with Crippen molar-refractivity contribution in [2.24, 2.45) is 5.41 Å². The van der Waals surface area contributed by atoms with Crippen molar-refractivity contribution < 1.29 is 14.3 Å². The van der Waals surface area contributed by atoms with Crippen LogP contribution in [0.1, 0.15) is 38.7 Å². The minimum Gasteiger partial charge on any atom is -0.465 e. The first-order chi connectivity index (χ1) is 9.50. The van der Waals surface area contributed by atoms with Crippen LogP contribution in [0, 0.1) is 5.41 Å². The number of rotatable bonds is 3. The van der Waals surface area contributed by atoms with Crippen molar-refractivity contribution in [1.82, 2.24) is 0 Å². The van der Waals surface area contributed by atoms with Crippen molar-refractivity contribution >= 4 is 11.8 Å². The maximum Gasteiger partial charge on any atom is 0.316 e. The molecule has 20 heavy (non-hydrogen) atoms. The van der Waals surface area contributed by atoms with Crippen LogP contribution in [0.25, 0.3) is 0 Å². The van der Waals surface area contributed by atoms with E-state index >= 15 is 0 Å². The second kappa shape index (κ2) is 5.61. The zero-order chi connectivity index (χ0) is 14.8. The fourth-order valence-corrected chi connectivity index (χ4v) is 2.85. The molecule has 0 unspecified atom stereocenters. The van der Waals surface area contributed by atoms with E-state index in [1.807, 2.05) is 44.2 Å². The average Bonchev–Trinajstić information content (AvgIpc) is 2.44. The van der Waals surface area contributed by atoms with Crippen molar-refractivity contribution in [2.75, 3.05) is 6.61 Å². The molecule has 2 atom stereocenters. The second-order valence-electron chi connectivity index (χ2n) is 5.38. The standard InChI is InChI=1S/C17H20O3/c1-4-20-16(19)17(3)12(2)10-14(18)11-15(17)13-8-6-5-7-9-13/h5-10,15H,4,11H2,1-3H3/t15-,17+/m0/s1. The molecule has 0 fully saturated rings. The molecule has 0 radical (unpaired) electrons. The Morgan fingerprint density at radius 3 is 2.60 bits per heavy atom. The van der Waals surface area contributed by atoms with Crippen LogP contribution in [-0.4, -0.2) is 18.4 Å². The zero-order valence-corrected chi connectivity index (χ0v) is 12.2. The summed E-state index contributed by atoms with van der Waals surface area (Å²) >= 11 is 0. The maximum atomic E-state index is 12.4. The number of carbonyl (C=O) groups excluding carboxylic acids is 2. The molecule has 1 aliphatic rings. The number of hydrogen-bond acceptors (Lipinski definition) is 3. The summed E-state index contributed by atoms with van der Waals surface area (Å²) in [5, 5.41) is 0. The van der Waals surface area contributed by atoms with E-state index in [4.69, 9.17) is 4.74 Å². The lowest BCUT2D eigenvalue weighted by atomic mass is 9.64. The molecule has 0 bridgehead atoms. The molecule has 1 aliphatic carbocycles. The van der Waals surface area contributed by atoms with Crippen molar-refractivity contribution in [3.8, 4) is 0 Å². The fourth-order valence-electron chi connectivity index (χ4n) is 2.85.